The molecule has 2 atom stereocenters. The van der Waals surface area contributed by atoms with Gasteiger partial charge in [0.25, 0.3) is 0 Å². The molecule has 156 valence electrons. The number of halogens is 1. The second-order valence-electron chi connectivity index (χ2n) is 7.11. The minimum Gasteiger partial charge on any atom is -0.378 e. The number of hydrogen-bond acceptors (Lipinski definition) is 4. The molecule has 2 heterocycles. The maximum absolute atomic E-state index is 5.97. The summed E-state index contributed by atoms with van der Waals surface area (Å²) >= 11 is 0. The number of aromatic nitrogens is 3. The van der Waals surface area contributed by atoms with E-state index in [0.717, 1.165) is 56.3 Å². The SMILES string of the molecule is CCOC1CC(NC(=NC)NCCc2nnc3ccccn23)C1(CC)CC.I. The molecule has 0 amide bonds. The highest BCUT2D eigenvalue weighted by Gasteiger charge is 2.53. The normalized spacial score (nSPS) is 21.1. The third kappa shape index (κ3) is 4.42. The minimum absolute atomic E-state index is 0. The molecule has 0 bridgehead atoms. The lowest BCUT2D eigenvalue weighted by atomic mass is 9.58. The van der Waals surface area contributed by atoms with Gasteiger partial charge in [-0.05, 0) is 38.3 Å². The Hall–Kier alpha value is -1.42. The number of pyridine rings is 1. The molecule has 1 saturated carbocycles. The van der Waals surface area contributed by atoms with Gasteiger partial charge in [0.05, 0.1) is 6.10 Å². The number of guanidine groups is 1. The number of nitrogens with zero attached hydrogens (tertiary/aromatic N) is 4. The van der Waals surface area contributed by atoms with Gasteiger partial charge in [0.1, 0.15) is 5.82 Å². The highest BCUT2D eigenvalue weighted by Crippen LogP contribution is 2.48. The lowest BCUT2D eigenvalue weighted by Gasteiger charge is -2.55. The highest BCUT2D eigenvalue weighted by atomic mass is 127. The van der Waals surface area contributed by atoms with E-state index in [0.29, 0.717) is 12.1 Å². The van der Waals surface area contributed by atoms with Crippen molar-refractivity contribution in [2.45, 2.75) is 58.6 Å². The molecule has 3 rings (SSSR count). The quantitative estimate of drug-likeness (QED) is 0.331. The van der Waals surface area contributed by atoms with E-state index >= 15 is 0 Å². The highest BCUT2D eigenvalue weighted by molar-refractivity contribution is 14.0. The van der Waals surface area contributed by atoms with Gasteiger partial charge in [0, 0.05) is 44.3 Å². The fraction of sp³-hybridized carbons (Fsp3) is 0.650. The van der Waals surface area contributed by atoms with Crippen LogP contribution in [-0.2, 0) is 11.2 Å². The first kappa shape index (κ1) is 22.9. The average Bonchev–Trinajstić information content (AvgIpc) is 3.10. The average molecular weight is 500 g/mol. The molecule has 28 heavy (non-hydrogen) atoms. The van der Waals surface area contributed by atoms with Crippen molar-refractivity contribution >= 4 is 35.6 Å². The lowest BCUT2D eigenvalue weighted by Crippen LogP contribution is -2.65. The number of nitrogens with one attached hydrogen (secondary N) is 2. The number of fused-ring (bicyclic) bond motifs is 1. The van der Waals surface area contributed by atoms with Gasteiger partial charge in [-0.3, -0.25) is 9.39 Å². The Morgan fingerprint density at radius 1 is 1.29 bits per heavy atom. The van der Waals surface area contributed by atoms with Crippen molar-refractivity contribution in [3.63, 3.8) is 0 Å². The van der Waals surface area contributed by atoms with Crippen molar-refractivity contribution in [2.24, 2.45) is 10.4 Å². The number of hydrogen-bond donors (Lipinski definition) is 2. The van der Waals surface area contributed by atoms with Crippen LogP contribution in [0.5, 0.6) is 0 Å². The van der Waals surface area contributed by atoms with Gasteiger partial charge in [0.15, 0.2) is 11.6 Å². The Balaban J connectivity index is 0.00000280. The summed E-state index contributed by atoms with van der Waals surface area (Å²) in [5.41, 5.74) is 1.07. The third-order valence-electron chi connectivity index (χ3n) is 6.03. The molecular formula is C20H33IN6O. The van der Waals surface area contributed by atoms with Crippen molar-refractivity contribution in [3.8, 4) is 0 Å². The molecule has 2 aromatic heterocycles. The summed E-state index contributed by atoms with van der Waals surface area (Å²) in [5.74, 6) is 1.79. The van der Waals surface area contributed by atoms with Crippen LogP contribution < -0.4 is 10.6 Å². The van der Waals surface area contributed by atoms with E-state index in [1.807, 2.05) is 35.8 Å². The summed E-state index contributed by atoms with van der Waals surface area (Å²) < 4.78 is 8.00. The van der Waals surface area contributed by atoms with Crippen molar-refractivity contribution in [1.82, 2.24) is 25.2 Å². The maximum atomic E-state index is 5.97. The fourth-order valence-corrected chi connectivity index (χ4v) is 4.30. The molecule has 2 aromatic rings. The molecule has 1 aliphatic carbocycles. The maximum Gasteiger partial charge on any atom is 0.191 e. The molecule has 1 aliphatic rings. The van der Waals surface area contributed by atoms with E-state index in [9.17, 15) is 0 Å². The van der Waals surface area contributed by atoms with Gasteiger partial charge < -0.3 is 15.4 Å². The molecule has 0 spiro atoms. The van der Waals surface area contributed by atoms with E-state index in [1.54, 1.807) is 0 Å². The summed E-state index contributed by atoms with van der Waals surface area (Å²) in [7, 11) is 1.82. The van der Waals surface area contributed by atoms with E-state index < -0.39 is 0 Å². The Bertz CT molecular complexity index is 773. The lowest BCUT2D eigenvalue weighted by molar-refractivity contribution is -0.133. The summed E-state index contributed by atoms with van der Waals surface area (Å²) in [5, 5.41) is 15.5. The Kier molecular flexibility index (Phi) is 8.48. The summed E-state index contributed by atoms with van der Waals surface area (Å²) in [6.07, 6.45) is 6.37. The van der Waals surface area contributed by atoms with Gasteiger partial charge >= 0.3 is 0 Å². The van der Waals surface area contributed by atoms with E-state index in [-0.39, 0.29) is 29.4 Å². The zero-order valence-electron chi connectivity index (χ0n) is 17.3. The standard InChI is InChI=1S/C20H32N6O.HI/c1-5-20(6-2)15(14-16(20)27-7-3)23-19(21-4)22-12-11-18-25-24-17-10-8-9-13-26(17)18;/h8-10,13,15-16H,5-7,11-12,14H2,1-4H3,(H2,21,22,23);1H. The molecule has 0 saturated heterocycles. The minimum atomic E-state index is 0. The van der Waals surface area contributed by atoms with Crippen molar-refractivity contribution < 1.29 is 4.74 Å². The Labute approximate surface area is 184 Å². The van der Waals surface area contributed by atoms with Crippen LogP contribution >= 0.6 is 24.0 Å². The van der Waals surface area contributed by atoms with Gasteiger partial charge in [0.2, 0.25) is 0 Å². The summed E-state index contributed by atoms with van der Waals surface area (Å²) in [6, 6.07) is 6.32. The first-order chi connectivity index (χ1) is 13.2. The van der Waals surface area contributed by atoms with Crippen LogP contribution in [0.3, 0.4) is 0 Å². The van der Waals surface area contributed by atoms with Gasteiger partial charge in [-0.2, -0.15) is 0 Å². The van der Waals surface area contributed by atoms with Crippen LogP contribution in [0.1, 0.15) is 45.9 Å². The number of rotatable bonds is 8. The van der Waals surface area contributed by atoms with Crippen LogP contribution in [0.15, 0.2) is 29.4 Å². The summed E-state index contributed by atoms with van der Waals surface area (Å²) in [4.78, 5) is 4.41. The molecule has 2 N–H and O–H groups in total. The first-order valence-electron chi connectivity index (χ1n) is 10.1. The van der Waals surface area contributed by atoms with E-state index in [4.69, 9.17) is 4.74 Å². The number of ether oxygens (including phenoxy) is 1. The topological polar surface area (TPSA) is 75.8 Å². The molecule has 0 aliphatic heterocycles. The largest absolute Gasteiger partial charge is 0.378 e. The second kappa shape index (κ2) is 10.4. The fourth-order valence-electron chi connectivity index (χ4n) is 4.30. The van der Waals surface area contributed by atoms with Gasteiger partial charge in [-0.1, -0.05) is 19.9 Å². The molecule has 2 unspecified atom stereocenters. The molecule has 7 nitrogen and oxygen atoms in total. The van der Waals surface area contributed by atoms with Crippen molar-refractivity contribution in [1.29, 1.82) is 0 Å². The zero-order chi connectivity index (χ0) is 19.3. The van der Waals surface area contributed by atoms with Crippen molar-refractivity contribution in [2.75, 3.05) is 20.2 Å². The monoisotopic (exact) mass is 500 g/mol. The second-order valence-corrected chi connectivity index (χ2v) is 7.11. The number of aliphatic imine (C=N–C) groups is 1. The van der Waals surface area contributed by atoms with Gasteiger partial charge in [-0.25, -0.2) is 0 Å². The smallest absolute Gasteiger partial charge is 0.191 e. The van der Waals surface area contributed by atoms with Crippen LogP contribution in [0.25, 0.3) is 5.65 Å². The van der Waals surface area contributed by atoms with Gasteiger partial charge in [-0.15, -0.1) is 34.2 Å². The Morgan fingerprint density at radius 2 is 2.07 bits per heavy atom. The van der Waals surface area contributed by atoms with Crippen LogP contribution in [0.2, 0.25) is 0 Å². The van der Waals surface area contributed by atoms with Crippen LogP contribution in [-0.4, -0.2) is 52.9 Å². The third-order valence-corrected chi connectivity index (χ3v) is 6.03. The Morgan fingerprint density at radius 3 is 2.75 bits per heavy atom. The first-order valence-corrected chi connectivity index (χ1v) is 10.1. The molecule has 1 fully saturated rings. The molecule has 0 aromatic carbocycles. The van der Waals surface area contributed by atoms with Crippen molar-refractivity contribution in [3.05, 3.63) is 30.2 Å². The molecule has 0 radical (unpaired) electrons. The summed E-state index contributed by atoms with van der Waals surface area (Å²) in [6.45, 7) is 8.12. The predicted molar refractivity (Wildman–Crippen MR) is 123 cm³/mol. The zero-order valence-corrected chi connectivity index (χ0v) is 19.6. The molecule has 8 heteroatoms. The van der Waals surface area contributed by atoms with Crippen LogP contribution in [0.4, 0.5) is 0 Å². The molecular weight excluding hydrogens is 467 g/mol. The van der Waals surface area contributed by atoms with E-state index in [2.05, 4.69) is 46.6 Å². The van der Waals surface area contributed by atoms with Crippen LogP contribution in [0, 0.1) is 5.41 Å². The van der Waals surface area contributed by atoms with E-state index in [1.165, 1.54) is 0 Å². The predicted octanol–water partition coefficient (Wildman–Crippen LogP) is 3.04.